The highest BCUT2D eigenvalue weighted by Gasteiger charge is 2.50. The summed E-state index contributed by atoms with van der Waals surface area (Å²) in [4.78, 5) is 5.25. The molecule has 2 nitrogen and oxygen atoms in total. The summed E-state index contributed by atoms with van der Waals surface area (Å²) in [7, 11) is 0. The molecular weight excluding hydrogens is 182 g/mol. The molecule has 0 radical (unpaired) electrons. The summed E-state index contributed by atoms with van der Waals surface area (Å²) >= 11 is 1.58. The predicted octanol–water partition coefficient (Wildman–Crippen LogP) is 2.32. The Morgan fingerprint density at radius 2 is 2.31 bits per heavy atom. The Bertz CT molecular complexity index is 322. The first-order valence-corrected chi connectivity index (χ1v) is 5.56. The van der Waals surface area contributed by atoms with Crippen LogP contribution in [0.5, 0.6) is 0 Å². The topological polar surface area (TPSA) is 33.1 Å². The Morgan fingerprint density at radius 3 is 2.69 bits per heavy atom. The monoisotopic (exact) mass is 197 g/mol. The van der Waals surface area contributed by atoms with Crippen LogP contribution in [0.15, 0.2) is 5.51 Å². The first-order valence-electron chi connectivity index (χ1n) is 4.68. The summed E-state index contributed by atoms with van der Waals surface area (Å²) in [6.45, 7) is 6.28. The summed E-state index contributed by atoms with van der Waals surface area (Å²) in [6, 6.07) is 0. The summed E-state index contributed by atoms with van der Waals surface area (Å²) in [5.41, 5.74) is 2.23. The molecule has 0 saturated heterocycles. The molecule has 0 bridgehead atoms. The van der Waals surface area contributed by atoms with Crippen LogP contribution in [0.25, 0.3) is 0 Å². The quantitative estimate of drug-likeness (QED) is 0.749. The standard InChI is InChI=1S/C10H15NOS/c1-6-4-10(12,7(6)2)9-8(3)11-5-13-9/h5-7,12H,4H2,1-3H3. The lowest BCUT2D eigenvalue weighted by molar-refractivity contribution is -0.130. The lowest BCUT2D eigenvalue weighted by Crippen LogP contribution is -2.48. The van der Waals surface area contributed by atoms with Crippen LogP contribution >= 0.6 is 11.3 Å². The van der Waals surface area contributed by atoms with Gasteiger partial charge < -0.3 is 5.11 Å². The van der Waals surface area contributed by atoms with Crippen LogP contribution < -0.4 is 0 Å². The van der Waals surface area contributed by atoms with Gasteiger partial charge in [-0.2, -0.15) is 0 Å². The molecule has 1 aromatic rings. The van der Waals surface area contributed by atoms with E-state index in [0.717, 1.165) is 17.0 Å². The molecule has 3 unspecified atom stereocenters. The maximum absolute atomic E-state index is 10.4. The summed E-state index contributed by atoms with van der Waals surface area (Å²) in [6.07, 6.45) is 0.886. The lowest BCUT2D eigenvalue weighted by atomic mass is 9.62. The summed E-state index contributed by atoms with van der Waals surface area (Å²) in [5, 5.41) is 10.4. The lowest BCUT2D eigenvalue weighted by Gasteiger charge is -2.48. The minimum atomic E-state index is -0.579. The Kier molecular flexibility index (Phi) is 1.96. The molecule has 0 spiro atoms. The SMILES string of the molecule is Cc1ncsc1C1(O)CC(C)C1C. The van der Waals surface area contributed by atoms with Crippen molar-refractivity contribution >= 4 is 11.3 Å². The highest BCUT2D eigenvalue weighted by atomic mass is 32.1. The van der Waals surface area contributed by atoms with Gasteiger partial charge in [-0.05, 0) is 25.2 Å². The van der Waals surface area contributed by atoms with E-state index in [9.17, 15) is 5.11 Å². The van der Waals surface area contributed by atoms with Gasteiger partial charge in [0, 0.05) is 0 Å². The molecule has 0 aromatic carbocycles. The van der Waals surface area contributed by atoms with E-state index in [1.54, 1.807) is 11.3 Å². The molecule has 3 heteroatoms. The zero-order chi connectivity index (χ0) is 9.64. The zero-order valence-corrected chi connectivity index (χ0v) is 9.06. The van der Waals surface area contributed by atoms with Gasteiger partial charge in [-0.1, -0.05) is 13.8 Å². The second kappa shape index (κ2) is 2.79. The van der Waals surface area contributed by atoms with E-state index >= 15 is 0 Å². The van der Waals surface area contributed by atoms with Crippen molar-refractivity contribution in [3.8, 4) is 0 Å². The number of aliphatic hydroxyl groups is 1. The Hall–Kier alpha value is -0.410. The van der Waals surface area contributed by atoms with Crippen LogP contribution in [0.2, 0.25) is 0 Å². The van der Waals surface area contributed by atoms with Crippen molar-refractivity contribution < 1.29 is 5.11 Å². The number of aryl methyl sites for hydroxylation is 1. The van der Waals surface area contributed by atoms with Crippen LogP contribution in [0.4, 0.5) is 0 Å². The molecule has 0 aliphatic heterocycles. The third-order valence-corrected chi connectivity index (χ3v) is 4.47. The van der Waals surface area contributed by atoms with Crippen molar-refractivity contribution in [3.05, 3.63) is 16.1 Å². The molecule has 3 atom stereocenters. The van der Waals surface area contributed by atoms with Crippen molar-refractivity contribution in [2.75, 3.05) is 0 Å². The Labute approximate surface area is 82.6 Å². The van der Waals surface area contributed by atoms with Crippen LogP contribution in [-0.2, 0) is 5.60 Å². The fraction of sp³-hybridized carbons (Fsp3) is 0.700. The molecule has 1 aromatic heterocycles. The number of nitrogens with zero attached hydrogens (tertiary/aromatic N) is 1. The van der Waals surface area contributed by atoms with Crippen LogP contribution in [0.3, 0.4) is 0 Å². The van der Waals surface area contributed by atoms with Crippen molar-refractivity contribution in [2.24, 2.45) is 11.8 Å². The summed E-state index contributed by atoms with van der Waals surface area (Å²) < 4.78 is 0. The van der Waals surface area contributed by atoms with Crippen LogP contribution in [0.1, 0.15) is 30.8 Å². The molecule has 0 amide bonds. The van der Waals surface area contributed by atoms with Gasteiger partial charge >= 0.3 is 0 Å². The molecule has 72 valence electrons. The molecule has 13 heavy (non-hydrogen) atoms. The fourth-order valence-corrected chi connectivity index (χ4v) is 3.19. The van der Waals surface area contributed by atoms with E-state index in [2.05, 4.69) is 18.8 Å². The van der Waals surface area contributed by atoms with Crippen molar-refractivity contribution in [2.45, 2.75) is 32.8 Å². The van der Waals surface area contributed by atoms with Gasteiger partial charge in [-0.3, -0.25) is 0 Å². The second-order valence-electron chi connectivity index (χ2n) is 4.16. The van der Waals surface area contributed by atoms with Crippen LogP contribution in [0, 0.1) is 18.8 Å². The van der Waals surface area contributed by atoms with Gasteiger partial charge in [0.15, 0.2) is 0 Å². The second-order valence-corrected chi connectivity index (χ2v) is 5.02. The van der Waals surface area contributed by atoms with Crippen molar-refractivity contribution in [3.63, 3.8) is 0 Å². The van der Waals surface area contributed by atoms with Gasteiger partial charge in [0.05, 0.1) is 16.1 Å². The number of hydrogen-bond donors (Lipinski definition) is 1. The maximum Gasteiger partial charge on any atom is 0.104 e. The number of rotatable bonds is 1. The largest absolute Gasteiger partial charge is 0.384 e. The molecule has 1 aliphatic carbocycles. The molecule has 1 heterocycles. The number of thiazole rings is 1. The zero-order valence-electron chi connectivity index (χ0n) is 8.24. The third kappa shape index (κ3) is 1.14. The Morgan fingerprint density at radius 1 is 1.62 bits per heavy atom. The van der Waals surface area contributed by atoms with Gasteiger partial charge in [-0.15, -0.1) is 11.3 Å². The van der Waals surface area contributed by atoms with E-state index in [-0.39, 0.29) is 0 Å². The number of aromatic nitrogens is 1. The molecule has 1 fully saturated rings. The summed E-state index contributed by atoms with van der Waals surface area (Å²) in [5.74, 6) is 0.998. The van der Waals surface area contributed by atoms with Gasteiger partial charge in [0.2, 0.25) is 0 Å². The molecular formula is C10H15NOS. The average Bonchev–Trinajstić information content (AvgIpc) is 2.51. The fourth-order valence-electron chi connectivity index (χ4n) is 2.18. The highest BCUT2D eigenvalue weighted by molar-refractivity contribution is 7.09. The molecule has 1 saturated carbocycles. The van der Waals surface area contributed by atoms with E-state index in [4.69, 9.17) is 0 Å². The van der Waals surface area contributed by atoms with Crippen molar-refractivity contribution in [1.82, 2.24) is 4.98 Å². The van der Waals surface area contributed by atoms with E-state index < -0.39 is 5.60 Å². The van der Waals surface area contributed by atoms with Crippen molar-refractivity contribution in [1.29, 1.82) is 0 Å². The first kappa shape index (κ1) is 9.16. The average molecular weight is 197 g/mol. The molecule has 1 aliphatic rings. The van der Waals surface area contributed by atoms with Gasteiger partial charge in [-0.25, -0.2) is 4.98 Å². The molecule has 1 N–H and O–H groups in total. The molecule has 2 rings (SSSR count). The minimum Gasteiger partial charge on any atom is -0.384 e. The maximum atomic E-state index is 10.4. The van der Waals surface area contributed by atoms with Gasteiger partial charge in [0.25, 0.3) is 0 Å². The Balaban J connectivity index is 2.32. The van der Waals surface area contributed by atoms with E-state index in [1.165, 1.54) is 0 Å². The smallest absolute Gasteiger partial charge is 0.104 e. The van der Waals surface area contributed by atoms with Gasteiger partial charge in [0.1, 0.15) is 5.60 Å². The van der Waals surface area contributed by atoms with Crippen LogP contribution in [-0.4, -0.2) is 10.1 Å². The highest BCUT2D eigenvalue weighted by Crippen LogP contribution is 2.52. The third-order valence-electron chi connectivity index (χ3n) is 3.38. The normalized spacial score (nSPS) is 38.8. The first-order chi connectivity index (χ1) is 6.05. The van der Waals surface area contributed by atoms with E-state index in [0.29, 0.717) is 11.8 Å². The predicted molar refractivity (Wildman–Crippen MR) is 53.7 cm³/mol. The number of hydrogen-bond acceptors (Lipinski definition) is 3. The van der Waals surface area contributed by atoms with E-state index in [1.807, 2.05) is 12.4 Å². The minimum absolute atomic E-state index is 0.367.